The second-order valence-corrected chi connectivity index (χ2v) is 9.53. The molecule has 0 bridgehead atoms. The molecule has 1 aliphatic rings. The summed E-state index contributed by atoms with van der Waals surface area (Å²) in [5, 5.41) is 8.06. The van der Waals surface area contributed by atoms with Crippen LogP contribution in [0.2, 0.25) is 0 Å². The largest absolute Gasteiger partial charge is 0.339 e. The average molecular weight is 475 g/mol. The number of benzene rings is 1. The highest BCUT2D eigenvalue weighted by Gasteiger charge is 2.20. The topological polar surface area (TPSA) is 65.5 Å². The fraction of sp³-hybridized carbons (Fsp3) is 0.318. The highest BCUT2D eigenvalue weighted by Crippen LogP contribution is 2.20. The molecule has 1 N–H and O–H groups in total. The van der Waals surface area contributed by atoms with Crippen molar-refractivity contribution in [2.24, 2.45) is 0 Å². The van der Waals surface area contributed by atoms with Gasteiger partial charge in [-0.3, -0.25) is 14.5 Å². The van der Waals surface area contributed by atoms with E-state index in [0.29, 0.717) is 18.0 Å². The lowest BCUT2D eigenvalue weighted by molar-refractivity contribution is -0.130. The molecule has 0 unspecified atom stereocenters. The first-order valence-electron chi connectivity index (χ1n) is 10.0. The van der Waals surface area contributed by atoms with Crippen LogP contribution in [0.5, 0.6) is 0 Å². The van der Waals surface area contributed by atoms with Gasteiger partial charge in [0.1, 0.15) is 10.8 Å². The Kier molecular flexibility index (Phi) is 7.34. The number of alkyl halides is 1. The van der Waals surface area contributed by atoms with E-state index in [1.807, 2.05) is 28.5 Å². The van der Waals surface area contributed by atoms with Crippen LogP contribution < -0.4 is 5.32 Å². The third-order valence-corrected chi connectivity index (χ3v) is 7.10. The van der Waals surface area contributed by atoms with Gasteiger partial charge in [-0.2, -0.15) is 11.3 Å². The van der Waals surface area contributed by atoms with E-state index in [1.54, 1.807) is 17.5 Å². The maximum absolute atomic E-state index is 12.7. The van der Waals surface area contributed by atoms with Crippen molar-refractivity contribution in [2.45, 2.75) is 13.0 Å². The summed E-state index contributed by atoms with van der Waals surface area (Å²) in [6.45, 7) is 3.79. The fourth-order valence-electron chi connectivity index (χ4n) is 3.50. The summed E-state index contributed by atoms with van der Waals surface area (Å²) in [7, 11) is 0. The van der Waals surface area contributed by atoms with Crippen LogP contribution in [0.4, 0.5) is 5.69 Å². The average Bonchev–Trinajstić information content (AvgIpc) is 3.47. The van der Waals surface area contributed by atoms with Gasteiger partial charge in [0.2, 0.25) is 5.91 Å². The summed E-state index contributed by atoms with van der Waals surface area (Å²) in [6, 6.07) is 9.98. The smallest absolute Gasteiger partial charge is 0.267 e. The molecule has 0 atom stereocenters. The Morgan fingerprint density at radius 1 is 1.13 bits per heavy atom. The van der Waals surface area contributed by atoms with Gasteiger partial charge < -0.3 is 10.2 Å². The third-order valence-electron chi connectivity index (χ3n) is 5.14. The molecule has 4 rings (SSSR count). The Balaban J connectivity index is 1.32. The number of carbonyl (C=O) groups is 2. The van der Waals surface area contributed by atoms with Crippen LogP contribution in [0.25, 0.3) is 0 Å². The molecule has 0 saturated carbocycles. The van der Waals surface area contributed by atoms with Gasteiger partial charge in [0.25, 0.3) is 5.91 Å². The molecule has 3 heterocycles. The van der Waals surface area contributed by atoms with Crippen molar-refractivity contribution in [3.63, 3.8) is 0 Å². The van der Waals surface area contributed by atoms with Gasteiger partial charge in [-0.05, 0) is 40.1 Å². The van der Waals surface area contributed by atoms with Crippen molar-refractivity contribution in [3.05, 3.63) is 68.3 Å². The quantitative estimate of drug-likeness (QED) is 0.527. The van der Waals surface area contributed by atoms with Gasteiger partial charge in [-0.25, -0.2) is 4.98 Å². The Morgan fingerprint density at radius 3 is 2.71 bits per heavy atom. The molecule has 2 amide bonds. The number of aromatic nitrogens is 1. The Labute approximate surface area is 194 Å². The number of thiophene rings is 1. The minimum atomic E-state index is -0.139. The molecule has 6 nitrogen and oxygen atoms in total. The summed E-state index contributed by atoms with van der Waals surface area (Å²) in [6.07, 6.45) is 2.40. The highest BCUT2D eigenvalue weighted by atomic mass is 35.5. The fourth-order valence-corrected chi connectivity index (χ4v) is 5.19. The number of amides is 2. The molecule has 1 saturated heterocycles. The van der Waals surface area contributed by atoms with Crippen LogP contribution in [-0.2, 0) is 17.8 Å². The molecule has 162 valence electrons. The van der Waals surface area contributed by atoms with Gasteiger partial charge in [-0.1, -0.05) is 12.1 Å². The summed E-state index contributed by atoms with van der Waals surface area (Å²) >= 11 is 8.73. The SMILES string of the molecule is O=C(Nc1cccc(CN2CCN(C(=O)CCl)CC2)c1)c1cnc(Cc2ccsc2)s1. The summed E-state index contributed by atoms with van der Waals surface area (Å²) in [5.74, 6) is -0.108. The maximum atomic E-state index is 12.7. The standard InChI is InChI=1S/C22H23ClN4O2S2/c23-12-21(28)27-7-5-26(6-8-27)14-16-2-1-3-18(10-16)25-22(29)19-13-24-20(31-19)11-17-4-9-30-15-17/h1-4,9-10,13,15H,5-8,11-12,14H2,(H,25,29). The molecule has 0 spiro atoms. The molecule has 3 aromatic rings. The number of rotatable bonds is 7. The van der Waals surface area contributed by atoms with Gasteiger partial charge in [0.15, 0.2) is 0 Å². The summed E-state index contributed by atoms with van der Waals surface area (Å²) < 4.78 is 0. The van der Waals surface area contributed by atoms with Gasteiger partial charge in [0, 0.05) is 44.8 Å². The first-order chi connectivity index (χ1) is 15.1. The van der Waals surface area contributed by atoms with E-state index < -0.39 is 0 Å². The summed E-state index contributed by atoms with van der Waals surface area (Å²) in [4.78, 5) is 33.5. The van der Waals surface area contributed by atoms with E-state index in [9.17, 15) is 9.59 Å². The lowest BCUT2D eigenvalue weighted by Crippen LogP contribution is -2.48. The molecule has 31 heavy (non-hydrogen) atoms. The first-order valence-corrected chi connectivity index (χ1v) is 12.3. The minimum Gasteiger partial charge on any atom is -0.339 e. The second-order valence-electron chi connectivity index (χ2n) is 7.37. The van der Waals surface area contributed by atoms with E-state index in [4.69, 9.17) is 11.6 Å². The van der Waals surface area contributed by atoms with Crippen molar-refractivity contribution in [1.82, 2.24) is 14.8 Å². The molecule has 1 fully saturated rings. The molecule has 0 aliphatic carbocycles. The third kappa shape index (κ3) is 5.92. The number of thiazole rings is 1. The highest BCUT2D eigenvalue weighted by molar-refractivity contribution is 7.13. The van der Waals surface area contributed by atoms with Crippen LogP contribution in [-0.4, -0.2) is 58.7 Å². The predicted octanol–water partition coefficient (Wildman–Crippen LogP) is 3.93. The zero-order valence-electron chi connectivity index (χ0n) is 16.9. The lowest BCUT2D eigenvalue weighted by Gasteiger charge is -2.34. The number of hydrogen-bond acceptors (Lipinski definition) is 6. The van der Waals surface area contributed by atoms with Gasteiger partial charge >= 0.3 is 0 Å². The van der Waals surface area contributed by atoms with E-state index in [2.05, 4.69) is 32.7 Å². The van der Waals surface area contributed by atoms with E-state index in [0.717, 1.165) is 42.3 Å². The minimum absolute atomic E-state index is 0.00688. The molecule has 2 aromatic heterocycles. The molecular weight excluding hydrogens is 452 g/mol. The number of hydrogen-bond donors (Lipinski definition) is 1. The van der Waals surface area contributed by atoms with Crippen molar-refractivity contribution in [1.29, 1.82) is 0 Å². The monoisotopic (exact) mass is 474 g/mol. The van der Waals surface area contributed by atoms with Crippen molar-refractivity contribution >= 4 is 51.8 Å². The van der Waals surface area contributed by atoms with Crippen LogP contribution >= 0.6 is 34.3 Å². The van der Waals surface area contributed by atoms with Gasteiger partial charge in [0.05, 0.1) is 11.2 Å². The Hall–Kier alpha value is -2.26. The zero-order chi connectivity index (χ0) is 21.6. The second kappa shape index (κ2) is 10.4. The number of nitrogens with one attached hydrogen (secondary N) is 1. The number of carbonyl (C=O) groups excluding carboxylic acids is 2. The van der Waals surface area contributed by atoms with Crippen LogP contribution in [0, 0.1) is 0 Å². The molecule has 0 radical (unpaired) electrons. The van der Waals surface area contributed by atoms with Gasteiger partial charge in [-0.15, -0.1) is 22.9 Å². The molecule has 9 heteroatoms. The summed E-state index contributed by atoms with van der Waals surface area (Å²) in [5.41, 5.74) is 3.11. The van der Waals surface area contributed by atoms with Crippen molar-refractivity contribution in [2.75, 3.05) is 37.4 Å². The maximum Gasteiger partial charge on any atom is 0.267 e. The number of halogens is 1. The Morgan fingerprint density at radius 2 is 1.97 bits per heavy atom. The Bertz CT molecular complexity index is 1030. The van der Waals surface area contributed by atoms with Crippen molar-refractivity contribution < 1.29 is 9.59 Å². The van der Waals surface area contributed by atoms with Crippen LogP contribution in [0.15, 0.2) is 47.3 Å². The predicted molar refractivity (Wildman–Crippen MR) is 126 cm³/mol. The molecule has 1 aromatic carbocycles. The van der Waals surface area contributed by atoms with E-state index in [-0.39, 0.29) is 17.7 Å². The zero-order valence-corrected chi connectivity index (χ0v) is 19.3. The van der Waals surface area contributed by atoms with E-state index in [1.165, 1.54) is 16.9 Å². The number of anilines is 1. The number of nitrogens with zero attached hydrogens (tertiary/aromatic N) is 3. The van der Waals surface area contributed by atoms with E-state index >= 15 is 0 Å². The molecular formula is C22H23ClN4O2S2. The normalized spacial score (nSPS) is 14.5. The van der Waals surface area contributed by atoms with Crippen LogP contribution in [0.1, 0.15) is 25.8 Å². The molecule has 1 aliphatic heterocycles. The lowest BCUT2D eigenvalue weighted by atomic mass is 10.1. The van der Waals surface area contributed by atoms with Crippen LogP contribution in [0.3, 0.4) is 0 Å². The van der Waals surface area contributed by atoms with Crippen molar-refractivity contribution in [3.8, 4) is 0 Å². The number of piperazine rings is 1. The first kappa shape index (κ1) is 22.0.